The SMILES string of the molecule is C[C@@H]1CC(CNc2cccc(-c3cc(CC(=O)[C@H]4CNCCO4)ncc3Cl)n2)C[C@H](C)O1. The Labute approximate surface area is 194 Å². The molecule has 0 radical (unpaired) electrons. The molecule has 7 nitrogen and oxygen atoms in total. The van der Waals surface area contributed by atoms with Crippen molar-refractivity contribution in [2.75, 3.05) is 31.6 Å². The summed E-state index contributed by atoms with van der Waals surface area (Å²) in [7, 11) is 0. The second-order valence-electron chi connectivity index (χ2n) is 8.75. The van der Waals surface area contributed by atoms with Crippen molar-refractivity contribution in [2.45, 2.75) is 51.4 Å². The minimum Gasteiger partial charge on any atom is -0.376 e. The number of nitrogens with zero attached hydrogens (tertiary/aromatic N) is 2. The van der Waals surface area contributed by atoms with Gasteiger partial charge in [0.1, 0.15) is 11.9 Å². The van der Waals surface area contributed by atoms with Crippen molar-refractivity contribution in [1.29, 1.82) is 0 Å². The number of hydrogen-bond acceptors (Lipinski definition) is 7. The standard InChI is InChI=1S/C24H31ClN4O3/c1-15-8-17(9-16(2)32-15)12-28-24-5-3-4-21(29-24)19-10-18(27-13-20(19)25)11-22(30)23-14-26-6-7-31-23/h3-5,10,13,15-17,23,26H,6-9,11-12,14H2,1-2H3,(H,28,29)/t15-,16+,17?,23-/m1/s1. The van der Waals surface area contributed by atoms with Gasteiger partial charge in [-0.05, 0) is 50.8 Å². The smallest absolute Gasteiger partial charge is 0.168 e. The van der Waals surface area contributed by atoms with E-state index in [1.54, 1.807) is 6.20 Å². The molecule has 0 amide bonds. The van der Waals surface area contributed by atoms with E-state index in [-0.39, 0.29) is 24.4 Å². The third-order valence-electron chi connectivity index (χ3n) is 5.95. The van der Waals surface area contributed by atoms with Crippen LogP contribution >= 0.6 is 11.6 Å². The van der Waals surface area contributed by atoms with Crippen molar-refractivity contribution >= 4 is 23.2 Å². The molecule has 0 spiro atoms. The van der Waals surface area contributed by atoms with Crippen molar-refractivity contribution in [3.8, 4) is 11.3 Å². The van der Waals surface area contributed by atoms with Gasteiger partial charge in [0.25, 0.3) is 0 Å². The largest absolute Gasteiger partial charge is 0.376 e. The summed E-state index contributed by atoms with van der Waals surface area (Å²) in [4.78, 5) is 21.7. The van der Waals surface area contributed by atoms with Gasteiger partial charge < -0.3 is 20.1 Å². The van der Waals surface area contributed by atoms with Crippen LogP contribution in [-0.4, -0.2) is 60.3 Å². The summed E-state index contributed by atoms with van der Waals surface area (Å²) in [5.41, 5.74) is 2.18. The second-order valence-corrected chi connectivity index (χ2v) is 9.15. The number of carbonyl (C=O) groups excluding carboxylic acids is 1. The maximum absolute atomic E-state index is 12.6. The first-order valence-electron chi connectivity index (χ1n) is 11.3. The minimum absolute atomic E-state index is 0.0151. The van der Waals surface area contributed by atoms with Gasteiger partial charge in [0, 0.05) is 37.1 Å². The molecule has 2 fully saturated rings. The Morgan fingerprint density at radius 1 is 1.28 bits per heavy atom. The van der Waals surface area contributed by atoms with Gasteiger partial charge in [-0.25, -0.2) is 4.98 Å². The highest BCUT2D eigenvalue weighted by atomic mass is 35.5. The van der Waals surface area contributed by atoms with Crippen LogP contribution in [0.25, 0.3) is 11.3 Å². The van der Waals surface area contributed by atoms with Gasteiger partial charge in [0.15, 0.2) is 5.78 Å². The van der Waals surface area contributed by atoms with Crippen LogP contribution in [-0.2, 0) is 20.7 Å². The molecule has 2 saturated heterocycles. The monoisotopic (exact) mass is 458 g/mol. The van der Waals surface area contributed by atoms with Gasteiger partial charge in [0.05, 0.1) is 36.0 Å². The number of rotatable bonds is 7. The van der Waals surface area contributed by atoms with Crippen molar-refractivity contribution < 1.29 is 14.3 Å². The minimum atomic E-state index is -0.425. The lowest BCUT2D eigenvalue weighted by Gasteiger charge is -2.32. The fourth-order valence-electron chi connectivity index (χ4n) is 4.48. The average Bonchev–Trinajstić information content (AvgIpc) is 2.79. The van der Waals surface area contributed by atoms with E-state index in [4.69, 9.17) is 26.1 Å². The Balaban J connectivity index is 1.43. The number of morpholine rings is 1. The summed E-state index contributed by atoms with van der Waals surface area (Å²) >= 11 is 6.44. The highest BCUT2D eigenvalue weighted by Crippen LogP contribution is 2.29. The summed E-state index contributed by atoms with van der Waals surface area (Å²) in [6, 6.07) is 7.70. The van der Waals surface area contributed by atoms with E-state index < -0.39 is 6.10 Å². The fraction of sp³-hybridized carbons (Fsp3) is 0.542. The van der Waals surface area contributed by atoms with Gasteiger partial charge in [-0.1, -0.05) is 17.7 Å². The predicted octanol–water partition coefficient (Wildman–Crippen LogP) is 3.51. The maximum Gasteiger partial charge on any atom is 0.168 e. The van der Waals surface area contributed by atoms with Crippen LogP contribution in [0.15, 0.2) is 30.5 Å². The summed E-state index contributed by atoms with van der Waals surface area (Å²) in [5.74, 6) is 1.38. The first-order chi connectivity index (χ1) is 15.5. The van der Waals surface area contributed by atoms with E-state index in [0.29, 0.717) is 29.8 Å². The summed E-state index contributed by atoms with van der Waals surface area (Å²) < 4.78 is 11.4. The van der Waals surface area contributed by atoms with Crippen LogP contribution in [0.4, 0.5) is 5.82 Å². The van der Waals surface area contributed by atoms with Crippen LogP contribution in [0, 0.1) is 5.92 Å². The third-order valence-corrected chi connectivity index (χ3v) is 6.25. The van der Waals surface area contributed by atoms with Crippen molar-refractivity contribution in [3.05, 3.63) is 41.2 Å². The highest BCUT2D eigenvalue weighted by molar-refractivity contribution is 6.33. The number of halogens is 1. The van der Waals surface area contributed by atoms with Crippen LogP contribution in [0.1, 0.15) is 32.4 Å². The van der Waals surface area contributed by atoms with Gasteiger partial charge >= 0.3 is 0 Å². The topological polar surface area (TPSA) is 85.4 Å². The molecule has 2 aliphatic heterocycles. The Bertz CT molecular complexity index is 925. The van der Waals surface area contributed by atoms with E-state index >= 15 is 0 Å². The second kappa shape index (κ2) is 10.7. The van der Waals surface area contributed by atoms with Crippen molar-refractivity contribution in [1.82, 2.24) is 15.3 Å². The number of ether oxygens (including phenoxy) is 2. The number of nitrogens with one attached hydrogen (secondary N) is 2. The first-order valence-corrected chi connectivity index (χ1v) is 11.7. The molecule has 4 rings (SSSR count). The van der Waals surface area contributed by atoms with Crippen LogP contribution in [0.5, 0.6) is 0 Å². The Hall–Kier alpha value is -2.06. The van der Waals surface area contributed by atoms with E-state index in [0.717, 1.165) is 43.0 Å². The van der Waals surface area contributed by atoms with Crippen LogP contribution in [0.2, 0.25) is 5.02 Å². The average molecular weight is 459 g/mol. The van der Waals surface area contributed by atoms with Crippen LogP contribution < -0.4 is 10.6 Å². The molecule has 2 aliphatic rings. The van der Waals surface area contributed by atoms with Gasteiger partial charge in [-0.2, -0.15) is 0 Å². The number of Topliss-reactive ketones (excluding diaryl/α,β-unsaturated/α-hetero) is 1. The molecule has 0 aliphatic carbocycles. The number of anilines is 1. The summed E-state index contributed by atoms with van der Waals surface area (Å²) in [6.45, 7) is 6.98. The zero-order chi connectivity index (χ0) is 22.5. The molecular formula is C24H31ClN4O3. The van der Waals surface area contributed by atoms with Gasteiger partial charge in [-0.3, -0.25) is 9.78 Å². The molecule has 4 heterocycles. The first kappa shape index (κ1) is 23.1. The summed E-state index contributed by atoms with van der Waals surface area (Å²) in [5, 5.41) is 7.16. The molecule has 2 aromatic heterocycles. The molecule has 172 valence electrons. The van der Waals surface area contributed by atoms with Gasteiger partial charge in [-0.15, -0.1) is 0 Å². The zero-order valence-corrected chi connectivity index (χ0v) is 19.4. The van der Waals surface area contributed by atoms with Crippen molar-refractivity contribution in [2.24, 2.45) is 5.92 Å². The fourth-order valence-corrected chi connectivity index (χ4v) is 4.68. The van der Waals surface area contributed by atoms with E-state index in [1.165, 1.54) is 0 Å². The Morgan fingerprint density at radius 3 is 2.84 bits per heavy atom. The number of aromatic nitrogens is 2. The third kappa shape index (κ3) is 6.04. The molecule has 0 aromatic carbocycles. The van der Waals surface area contributed by atoms with Crippen molar-refractivity contribution in [3.63, 3.8) is 0 Å². The lowest BCUT2D eigenvalue weighted by atomic mass is 9.92. The predicted molar refractivity (Wildman–Crippen MR) is 125 cm³/mol. The molecule has 2 N–H and O–H groups in total. The zero-order valence-electron chi connectivity index (χ0n) is 18.6. The molecule has 1 unspecified atom stereocenters. The van der Waals surface area contributed by atoms with Gasteiger partial charge in [0.2, 0.25) is 0 Å². The molecule has 2 aromatic rings. The molecule has 0 bridgehead atoms. The van der Waals surface area contributed by atoms with E-state index in [2.05, 4.69) is 29.5 Å². The lowest BCUT2D eigenvalue weighted by molar-refractivity contribution is -0.131. The quantitative estimate of drug-likeness (QED) is 0.656. The Kier molecular flexibility index (Phi) is 7.73. The summed E-state index contributed by atoms with van der Waals surface area (Å²) in [6.07, 6.45) is 4.04. The number of hydrogen-bond donors (Lipinski definition) is 2. The molecular weight excluding hydrogens is 428 g/mol. The molecule has 4 atom stereocenters. The number of ketones is 1. The van der Waals surface area contributed by atoms with E-state index in [1.807, 2.05) is 24.3 Å². The number of carbonyl (C=O) groups is 1. The molecule has 8 heteroatoms. The maximum atomic E-state index is 12.6. The normalized spacial score (nSPS) is 26.0. The number of pyridine rings is 2. The Morgan fingerprint density at radius 2 is 2.09 bits per heavy atom. The van der Waals surface area contributed by atoms with E-state index in [9.17, 15) is 4.79 Å². The van der Waals surface area contributed by atoms with Crippen LogP contribution in [0.3, 0.4) is 0 Å². The lowest BCUT2D eigenvalue weighted by Crippen LogP contribution is -2.43. The molecule has 0 saturated carbocycles. The highest BCUT2D eigenvalue weighted by Gasteiger charge is 2.25. The molecule has 32 heavy (non-hydrogen) atoms.